The van der Waals surface area contributed by atoms with Crippen LogP contribution in [0.15, 0.2) is 188 Å². The third-order valence-electron chi connectivity index (χ3n) is 9.44. The molecular weight excluding hydrogens is 567 g/mol. The summed E-state index contributed by atoms with van der Waals surface area (Å²) in [4.78, 5) is 2.46. The van der Waals surface area contributed by atoms with E-state index in [1.165, 1.54) is 65.3 Å². The van der Waals surface area contributed by atoms with Crippen LogP contribution in [0.25, 0.3) is 65.3 Å². The molecule has 0 aliphatic carbocycles. The van der Waals surface area contributed by atoms with Crippen LogP contribution in [0.2, 0.25) is 0 Å². The Balaban J connectivity index is 1.33. The van der Waals surface area contributed by atoms with Crippen LogP contribution in [0.3, 0.4) is 0 Å². The van der Waals surface area contributed by atoms with Gasteiger partial charge in [0.05, 0.1) is 11.4 Å². The van der Waals surface area contributed by atoms with E-state index >= 15 is 0 Å². The minimum Gasteiger partial charge on any atom is -0.309 e. The quantitative estimate of drug-likeness (QED) is 0.178. The predicted octanol–water partition coefficient (Wildman–Crippen LogP) is 13.1. The average Bonchev–Trinajstić information content (AvgIpc) is 3.15. The van der Waals surface area contributed by atoms with Crippen LogP contribution in [-0.2, 0) is 0 Å². The minimum atomic E-state index is 1.11. The van der Waals surface area contributed by atoms with Gasteiger partial charge in [-0.1, -0.05) is 164 Å². The average molecular weight is 598 g/mol. The Morgan fingerprint density at radius 1 is 0.277 bits per heavy atom. The van der Waals surface area contributed by atoms with E-state index in [0.717, 1.165) is 17.1 Å². The highest BCUT2D eigenvalue weighted by Gasteiger charge is 2.21. The van der Waals surface area contributed by atoms with Crippen molar-refractivity contribution in [3.05, 3.63) is 188 Å². The van der Waals surface area contributed by atoms with E-state index in [1.54, 1.807) is 0 Å². The molecule has 9 aromatic carbocycles. The Labute approximate surface area is 274 Å². The summed E-state index contributed by atoms with van der Waals surface area (Å²) in [7, 11) is 0. The molecule has 0 saturated carbocycles. The molecule has 0 aliphatic heterocycles. The van der Waals surface area contributed by atoms with Crippen molar-refractivity contribution in [1.82, 2.24) is 0 Å². The molecule has 9 rings (SSSR count). The van der Waals surface area contributed by atoms with Crippen LogP contribution in [-0.4, -0.2) is 0 Å². The van der Waals surface area contributed by atoms with Gasteiger partial charge in [0.25, 0.3) is 0 Å². The van der Waals surface area contributed by atoms with Gasteiger partial charge < -0.3 is 4.90 Å². The molecule has 0 unspecified atom stereocenters. The summed E-state index contributed by atoms with van der Waals surface area (Å²) >= 11 is 0. The maximum atomic E-state index is 2.46. The number of hydrogen-bond acceptors (Lipinski definition) is 1. The van der Waals surface area contributed by atoms with Crippen molar-refractivity contribution >= 4 is 60.2 Å². The number of nitrogens with zero attached hydrogens (tertiary/aromatic N) is 1. The van der Waals surface area contributed by atoms with Gasteiger partial charge in [-0.25, -0.2) is 0 Å². The molecule has 1 heteroatoms. The van der Waals surface area contributed by atoms with E-state index in [2.05, 4.69) is 193 Å². The standard InChI is InChI=1S/C46H31N/c1-2-13-33(14-3-1)40-20-10-11-24-45(40)47(36-28-25-35(26-29-36)38-23-12-17-32-15-4-6-18-37(32)38)46-31-44-39-19-7-5-16-34(39)27-30-42(44)41-21-8-9-22-43(41)46/h1-31H. The van der Waals surface area contributed by atoms with Gasteiger partial charge in [-0.2, -0.15) is 0 Å². The molecule has 0 saturated heterocycles. The summed E-state index contributed by atoms with van der Waals surface area (Å²) in [6.07, 6.45) is 0. The number of rotatable bonds is 5. The number of benzene rings is 9. The Morgan fingerprint density at radius 3 is 1.64 bits per heavy atom. The molecule has 0 atom stereocenters. The Kier molecular flexibility index (Phi) is 6.54. The second-order valence-corrected chi connectivity index (χ2v) is 12.1. The number of fused-ring (bicyclic) bond motifs is 6. The van der Waals surface area contributed by atoms with E-state index in [9.17, 15) is 0 Å². The van der Waals surface area contributed by atoms with E-state index in [1.807, 2.05) is 0 Å². The van der Waals surface area contributed by atoms with E-state index in [0.29, 0.717) is 0 Å². The lowest BCUT2D eigenvalue weighted by Gasteiger charge is -2.30. The first-order valence-corrected chi connectivity index (χ1v) is 16.2. The normalized spacial score (nSPS) is 11.4. The van der Waals surface area contributed by atoms with Crippen molar-refractivity contribution in [3.8, 4) is 22.3 Å². The van der Waals surface area contributed by atoms with Crippen molar-refractivity contribution in [2.24, 2.45) is 0 Å². The monoisotopic (exact) mass is 597 g/mol. The van der Waals surface area contributed by atoms with Gasteiger partial charge in [-0.05, 0) is 78.7 Å². The molecule has 47 heavy (non-hydrogen) atoms. The summed E-state index contributed by atoms with van der Waals surface area (Å²) in [5.74, 6) is 0. The van der Waals surface area contributed by atoms with Gasteiger partial charge >= 0.3 is 0 Å². The summed E-state index contributed by atoms with van der Waals surface area (Å²) in [5, 5.41) is 10.0. The zero-order chi connectivity index (χ0) is 31.2. The van der Waals surface area contributed by atoms with Crippen molar-refractivity contribution in [1.29, 1.82) is 0 Å². The van der Waals surface area contributed by atoms with Gasteiger partial charge in [0.1, 0.15) is 0 Å². The predicted molar refractivity (Wildman–Crippen MR) is 202 cm³/mol. The van der Waals surface area contributed by atoms with Crippen LogP contribution in [0.1, 0.15) is 0 Å². The Hall–Kier alpha value is -6.18. The topological polar surface area (TPSA) is 3.24 Å². The van der Waals surface area contributed by atoms with Crippen molar-refractivity contribution < 1.29 is 0 Å². The van der Waals surface area contributed by atoms with Gasteiger partial charge in [0, 0.05) is 16.6 Å². The molecule has 0 amide bonds. The summed E-state index contributed by atoms with van der Waals surface area (Å²) < 4.78 is 0. The van der Waals surface area contributed by atoms with Gasteiger partial charge in [-0.3, -0.25) is 0 Å². The SMILES string of the molecule is c1ccc(-c2ccccc2N(c2ccc(-c3cccc4ccccc34)cc2)c2cc3c4ccccc4ccc3c3ccccc23)cc1. The minimum absolute atomic E-state index is 1.11. The molecule has 0 radical (unpaired) electrons. The van der Waals surface area contributed by atoms with E-state index in [-0.39, 0.29) is 0 Å². The van der Waals surface area contributed by atoms with E-state index < -0.39 is 0 Å². The molecule has 0 bridgehead atoms. The molecule has 0 N–H and O–H groups in total. The first-order valence-electron chi connectivity index (χ1n) is 16.2. The largest absolute Gasteiger partial charge is 0.309 e. The zero-order valence-corrected chi connectivity index (χ0v) is 25.8. The maximum absolute atomic E-state index is 2.46. The van der Waals surface area contributed by atoms with E-state index in [4.69, 9.17) is 0 Å². The highest BCUT2D eigenvalue weighted by Crippen LogP contribution is 2.46. The van der Waals surface area contributed by atoms with Gasteiger partial charge in [0.2, 0.25) is 0 Å². The molecule has 0 fully saturated rings. The lowest BCUT2D eigenvalue weighted by atomic mass is 9.94. The molecule has 0 spiro atoms. The van der Waals surface area contributed by atoms with Crippen LogP contribution < -0.4 is 4.90 Å². The Morgan fingerprint density at radius 2 is 0.830 bits per heavy atom. The maximum Gasteiger partial charge on any atom is 0.0546 e. The first-order chi connectivity index (χ1) is 23.3. The van der Waals surface area contributed by atoms with Crippen LogP contribution >= 0.6 is 0 Å². The molecule has 9 aromatic rings. The van der Waals surface area contributed by atoms with Crippen LogP contribution in [0, 0.1) is 0 Å². The van der Waals surface area contributed by atoms with Crippen LogP contribution in [0.4, 0.5) is 17.1 Å². The third-order valence-corrected chi connectivity index (χ3v) is 9.44. The fraction of sp³-hybridized carbons (Fsp3) is 0. The summed E-state index contributed by atoms with van der Waals surface area (Å²) in [6, 6.07) is 68.3. The van der Waals surface area contributed by atoms with Gasteiger partial charge in [-0.15, -0.1) is 0 Å². The molecule has 1 nitrogen and oxygen atoms in total. The molecular formula is C46H31N. The summed E-state index contributed by atoms with van der Waals surface area (Å²) in [6.45, 7) is 0. The molecule has 0 heterocycles. The van der Waals surface area contributed by atoms with Crippen molar-refractivity contribution in [3.63, 3.8) is 0 Å². The second kappa shape index (κ2) is 11.3. The highest BCUT2D eigenvalue weighted by molar-refractivity contribution is 6.21. The first kappa shape index (κ1) is 27.2. The zero-order valence-electron chi connectivity index (χ0n) is 25.8. The molecule has 220 valence electrons. The van der Waals surface area contributed by atoms with Crippen molar-refractivity contribution in [2.45, 2.75) is 0 Å². The lowest BCUT2D eigenvalue weighted by molar-refractivity contribution is 1.30. The van der Waals surface area contributed by atoms with Crippen LogP contribution in [0.5, 0.6) is 0 Å². The molecule has 0 aliphatic rings. The fourth-order valence-corrected chi connectivity index (χ4v) is 7.23. The fourth-order valence-electron chi connectivity index (χ4n) is 7.23. The third kappa shape index (κ3) is 4.64. The van der Waals surface area contributed by atoms with Gasteiger partial charge in [0.15, 0.2) is 0 Å². The highest BCUT2D eigenvalue weighted by atomic mass is 15.1. The molecule has 0 aromatic heterocycles. The number of anilines is 3. The summed E-state index contributed by atoms with van der Waals surface area (Å²) in [5.41, 5.74) is 8.24. The number of para-hydroxylation sites is 1. The second-order valence-electron chi connectivity index (χ2n) is 12.1. The van der Waals surface area contributed by atoms with Crippen molar-refractivity contribution in [2.75, 3.05) is 4.90 Å². The smallest absolute Gasteiger partial charge is 0.0546 e. The lowest BCUT2D eigenvalue weighted by Crippen LogP contribution is -2.12. The Bertz CT molecular complexity index is 2560. The number of hydrogen-bond donors (Lipinski definition) is 0.